The van der Waals surface area contributed by atoms with Gasteiger partial charge >= 0.3 is 0 Å². The summed E-state index contributed by atoms with van der Waals surface area (Å²) in [4.78, 5) is 17.5. The van der Waals surface area contributed by atoms with Crippen LogP contribution in [0.5, 0.6) is 5.75 Å². The monoisotopic (exact) mass is 537 g/mol. The van der Waals surface area contributed by atoms with Crippen molar-refractivity contribution in [2.75, 3.05) is 11.4 Å². The lowest BCUT2D eigenvalue weighted by molar-refractivity contribution is -0.605. The van der Waals surface area contributed by atoms with Gasteiger partial charge in [-0.2, -0.15) is 4.73 Å². The molecule has 4 rings (SSSR count). The van der Waals surface area contributed by atoms with E-state index in [0.717, 1.165) is 9.87 Å². The molecular weight excluding hydrogens is 514 g/mol. The minimum atomic E-state index is -4.28. The van der Waals surface area contributed by atoms with Crippen LogP contribution < -0.4 is 13.8 Å². The van der Waals surface area contributed by atoms with Gasteiger partial charge < -0.3 is 9.94 Å². The number of ether oxygens (including phenoxy) is 1. The van der Waals surface area contributed by atoms with Gasteiger partial charge in [-0.1, -0.05) is 36.4 Å². The Morgan fingerprint density at radius 1 is 1.00 bits per heavy atom. The van der Waals surface area contributed by atoms with Gasteiger partial charge in [-0.15, -0.1) is 12.4 Å². The number of benzene rings is 2. The van der Waals surface area contributed by atoms with Crippen molar-refractivity contribution in [2.24, 2.45) is 0 Å². The molecule has 1 amide bonds. The molecule has 4 aromatic rings. The normalized spacial score (nSPS) is 11.1. The van der Waals surface area contributed by atoms with E-state index in [4.69, 9.17) is 4.74 Å². The number of sulfonamides is 1. The Balaban J connectivity index is 0.00000380. The number of carbonyl (C=O) groups is 1. The SMILES string of the molecule is COc1ccc(S(=O)(=O)N(C(=O)Cc2cccnc2)c2ccccc2C=Cc2cc[n+]([O-])cc2)cc1.Cl. The molecule has 190 valence electrons. The molecule has 8 nitrogen and oxygen atoms in total. The molecular formula is C27H24ClN3O5S. The fourth-order valence-electron chi connectivity index (χ4n) is 3.53. The van der Waals surface area contributed by atoms with Gasteiger partial charge in [0.15, 0.2) is 12.4 Å². The highest BCUT2D eigenvalue weighted by Crippen LogP contribution is 2.30. The molecule has 2 heterocycles. The molecule has 0 N–H and O–H groups in total. The molecule has 10 heteroatoms. The first-order chi connectivity index (χ1) is 17.4. The lowest BCUT2D eigenvalue weighted by atomic mass is 10.1. The third kappa shape index (κ3) is 6.52. The first-order valence-electron chi connectivity index (χ1n) is 11.0. The van der Waals surface area contributed by atoms with E-state index in [1.807, 2.05) is 0 Å². The second kappa shape index (κ2) is 12.2. The minimum absolute atomic E-state index is 0. The van der Waals surface area contributed by atoms with Crippen LogP contribution in [0.2, 0.25) is 0 Å². The average Bonchev–Trinajstić information content (AvgIpc) is 2.89. The van der Waals surface area contributed by atoms with Crippen LogP contribution in [-0.2, 0) is 21.2 Å². The highest BCUT2D eigenvalue weighted by molar-refractivity contribution is 7.93. The molecule has 0 aliphatic carbocycles. The molecule has 37 heavy (non-hydrogen) atoms. The van der Waals surface area contributed by atoms with Gasteiger partial charge in [-0.25, -0.2) is 12.7 Å². The van der Waals surface area contributed by atoms with Crippen molar-refractivity contribution in [2.45, 2.75) is 11.3 Å². The van der Waals surface area contributed by atoms with Gasteiger partial charge in [0.2, 0.25) is 5.91 Å². The van der Waals surface area contributed by atoms with Crippen LogP contribution in [0.15, 0.2) is 102 Å². The number of carbonyl (C=O) groups excluding carboxylic acids is 1. The third-order valence-electron chi connectivity index (χ3n) is 5.34. The Bertz CT molecular complexity index is 1480. The maximum Gasteiger partial charge on any atom is 0.270 e. The van der Waals surface area contributed by atoms with Crippen molar-refractivity contribution in [1.29, 1.82) is 0 Å². The number of halogens is 1. The molecule has 0 aliphatic heterocycles. The van der Waals surface area contributed by atoms with Gasteiger partial charge in [0, 0.05) is 24.5 Å². The van der Waals surface area contributed by atoms with E-state index in [9.17, 15) is 18.4 Å². The largest absolute Gasteiger partial charge is 0.619 e. The molecule has 0 aliphatic rings. The Hall–Kier alpha value is -4.21. The van der Waals surface area contributed by atoms with Crippen LogP contribution in [0.25, 0.3) is 12.2 Å². The lowest BCUT2D eigenvalue weighted by Crippen LogP contribution is -2.38. The number of hydrogen-bond donors (Lipinski definition) is 0. The Labute approximate surface area is 221 Å². The van der Waals surface area contributed by atoms with Gasteiger partial charge in [0.05, 0.1) is 24.1 Å². The first-order valence-corrected chi connectivity index (χ1v) is 12.4. The summed E-state index contributed by atoms with van der Waals surface area (Å²) in [5.41, 5.74) is 2.03. The van der Waals surface area contributed by atoms with Gasteiger partial charge in [0.25, 0.3) is 10.0 Å². The summed E-state index contributed by atoms with van der Waals surface area (Å²) in [5.74, 6) is -0.139. The van der Waals surface area contributed by atoms with E-state index in [1.165, 1.54) is 50.0 Å². The third-order valence-corrected chi connectivity index (χ3v) is 7.09. The molecule has 0 fully saturated rings. The second-order valence-electron chi connectivity index (χ2n) is 7.76. The molecule has 0 atom stereocenters. The summed E-state index contributed by atoms with van der Waals surface area (Å²) < 4.78 is 34.3. The summed E-state index contributed by atoms with van der Waals surface area (Å²) in [7, 11) is -2.79. The van der Waals surface area contributed by atoms with Crippen LogP contribution in [0, 0.1) is 5.21 Å². The fraction of sp³-hybridized carbons (Fsp3) is 0.0741. The number of anilines is 1. The average molecular weight is 538 g/mol. The topological polar surface area (TPSA) is 104 Å². The van der Waals surface area contributed by atoms with Crippen LogP contribution in [0.3, 0.4) is 0 Å². The van der Waals surface area contributed by atoms with Crippen molar-refractivity contribution in [3.63, 3.8) is 0 Å². The number of para-hydroxylation sites is 1. The Morgan fingerprint density at radius 3 is 2.35 bits per heavy atom. The van der Waals surface area contributed by atoms with E-state index in [2.05, 4.69) is 4.98 Å². The predicted molar refractivity (Wildman–Crippen MR) is 144 cm³/mol. The zero-order chi connectivity index (χ0) is 25.5. The molecule has 2 aromatic heterocycles. The van der Waals surface area contributed by atoms with Crippen molar-refractivity contribution < 1.29 is 22.7 Å². The summed E-state index contributed by atoms with van der Waals surface area (Å²) in [6, 6.07) is 19.2. The fourth-order valence-corrected chi connectivity index (χ4v) is 4.98. The number of methoxy groups -OCH3 is 1. The maximum absolute atomic E-state index is 13.8. The predicted octanol–water partition coefficient (Wildman–Crippen LogP) is 4.28. The van der Waals surface area contributed by atoms with E-state index < -0.39 is 15.9 Å². The van der Waals surface area contributed by atoms with Gasteiger partial charge in [-0.3, -0.25) is 9.78 Å². The zero-order valence-corrected chi connectivity index (χ0v) is 21.4. The van der Waals surface area contributed by atoms with Gasteiger partial charge in [0.1, 0.15) is 5.75 Å². The van der Waals surface area contributed by atoms with Crippen molar-refractivity contribution in [3.8, 4) is 5.75 Å². The van der Waals surface area contributed by atoms with Crippen LogP contribution in [0.1, 0.15) is 16.7 Å². The van der Waals surface area contributed by atoms with Gasteiger partial charge in [-0.05, 0) is 53.1 Å². The number of hydrogen-bond acceptors (Lipinski definition) is 6. The van der Waals surface area contributed by atoms with Crippen molar-refractivity contribution in [1.82, 2.24) is 4.98 Å². The Kier molecular flexibility index (Phi) is 9.00. The summed E-state index contributed by atoms with van der Waals surface area (Å²) >= 11 is 0. The van der Waals surface area contributed by atoms with Crippen LogP contribution in [-0.4, -0.2) is 26.4 Å². The highest BCUT2D eigenvalue weighted by atomic mass is 35.5. The quantitative estimate of drug-likeness (QED) is 0.245. The number of aromatic nitrogens is 2. The van der Waals surface area contributed by atoms with Crippen molar-refractivity contribution >= 4 is 46.2 Å². The Morgan fingerprint density at radius 2 is 1.70 bits per heavy atom. The first kappa shape index (κ1) is 27.4. The molecule has 0 unspecified atom stereocenters. The highest BCUT2D eigenvalue weighted by Gasteiger charge is 2.32. The molecule has 0 radical (unpaired) electrons. The van der Waals surface area contributed by atoms with E-state index in [0.29, 0.717) is 21.6 Å². The second-order valence-corrected chi connectivity index (χ2v) is 9.55. The van der Waals surface area contributed by atoms with Crippen LogP contribution >= 0.6 is 12.4 Å². The summed E-state index contributed by atoms with van der Waals surface area (Å²) in [6.45, 7) is 0. The molecule has 0 saturated carbocycles. The number of pyridine rings is 2. The minimum Gasteiger partial charge on any atom is -0.619 e. The molecule has 0 saturated heterocycles. The summed E-state index contributed by atoms with van der Waals surface area (Å²) in [6.07, 6.45) is 9.12. The van der Waals surface area contributed by atoms with Crippen molar-refractivity contribution in [3.05, 3.63) is 119 Å². The molecule has 2 aromatic carbocycles. The van der Waals surface area contributed by atoms with Crippen LogP contribution in [0.4, 0.5) is 5.69 Å². The lowest BCUT2D eigenvalue weighted by Gasteiger charge is -2.24. The number of rotatable bonds is 8. The number of nitrogens with zero attached hydrogens (tertiary/aromatic N) is 3. The molecule has 0 spiro atoms. The van der Waals surface area contributed by atoms with E-state index >= 15 is 0 Å². The van der Waals surface area contributed by atoms with E-state index in [1.54, 1.807) is 66.9 Å². The van der Waals surface area contributed by atoms with E-state index in [-0.39, 0.29) is 29.4 Å². The standard InChI is InChI=1S/C27H23N3O5S.ClH/c1-35-24-10-12-25(13-11-24)36(33,34)30(27(31)19-22-5-4-16-28-20-22)26-7-3-2-6-23(26)9-8-21-14-17-29(32)18-15-21;/h2-18,20H,19H2,1H3;1H. The number of amides is 1. The molecule has 0 bridgehead atoms. The maximum atomic E-state index is 13.8. The zero-order valence-electron chi connectivity index (χ0n) is 19.8. The summed E-state index contributed by atoms with van der Waals surface area (Å²) in [5, 5.41) is 11.3. The smallest absolute Gasteiger partial charge is 0.270 e.